The van der Waals surface area contributed by atoms with Gasteiger partial charge in [0.1, 0.15) is 28.8 Å². The number of aromatic nitrogens is 5. The number of fused-ring (bicyclic) bond motifs is 1. The molecule has 4 aromatic heterocycles. The highest BCUT2D eigenvalue weighted by molar-refractivity contribution is 7.15. The number of carbonyl (C=O) groups excluding carboxylic acids is 1. The number of benzene rings is 2. The summed E-state index contributed by atoms with van der Waals surface area (Å²) in [6.45, 7) is 3.20. The number of ether oxygens (including phenoxy) is 1. The van der Waals surface area contributed by atoms with Crippen LogP contribution in [-0.4, -0.2) is 83.8 Å². The predicted octanol–water partition coefficient (Wildman–Crippen LogP) is 5.25. The smallest absolute Gasteiger partial charge is 0.262 e. The number of amides is 1. The van der Waals surface area contributed by atoms with Gasteiger partial charge >= 0.3 is 0 Å². The highest BCUT2D eigenvalue weighted by Crippen LogP contribution is 2.37. The van der Waals surface area contributed by atoms with Crippen molar-refractivity contribution in [3.8, 4) is 28.1 Å². The Kier molecular flexibility index (Phi) is 9.81. The van der Waals surface area contributed by atoms with E-state index in [1.807, 2.05) is 70.4 Å². The molecule has 0 bridgehead atoms. The molecule has 12 nitrogen and oxygen atoms in total. The molecule has 0 unspecified atom stereocenters. The van der Waals surface area contributed by atoms with Gasteiger partial charge in [0, 0.05) is 72.7 Å². The molecule has 2 fully saturated rings. The van der Waals surface area contributed by atoms with Crippen molar-refractivity contribution in [3.63, 3.8) is 0 Å². The number of nitriles is 1. The van der Waals surface area contributed by atoms with Crippen LogP contribution in [0, 0.1) is 17.2 Å². The van der Waals surface area contributed by atoms with E-state index in [2.05, 4.69) is 38.1 Å². The molecule has 2 atom stereocenters. The van der Waals surface area contributed by atoms with E-state index in [0.29, 0.717) is 42.7 Å². The zero-order chi connectivity index (χ0) is 37.2. The van der Waals surface area contributed by atoms with Crippen molar-refractivity contribution < 1.29 is 14.6 Å². The Bertz CT molecular complexity index is 2360. The van der Waals surface area contributed by atoms with E-state index in [0.717, 1.165) is 58.5 Å². The Hall–Kier alpha value is -5.68. The zero-order valence-electron chi connectivity index (χ0n) is 29.9. The minimum atomic E-state index is -1.14. The molecule has 1 amide bonds. The van der Waals surface area contributed by atoms with Crippen molar-refractivity contribution in [2.75, 3.05) is 33.3 Å². The van der Waals surface area contributed by atoms with Gasteiger partial charge in [0.05, 0.1) is 24.6 Å². The van der Waals surface area contributed by atoms with Crippen LogP contribution in [0.2, 0.25) is 0 Å². The first-order chi connectivity index (χ1) is 26.3. The van der Waals surface area contributed by atoms with Gasteiger partial charge in [-0.2, -0.15) is 5.26 Å². The molecule has 2 aliphatic heterocycles. The first-order valence-corrected chi connectivity index (χ1v) is 18.9. The highest BCUT2D eigenvalue weighted by atomic mass is 32.1. The van der Waals surface area contributed by atoms with Gasteiger partial charge in [-0.25, -0.2) is 15.0 Å². The Morgan fingerprint density at radius 1 is 1.00 bits per heavy atom. The molecule has 0 spiro atoms. The van der Waals surface area contributed by atoms with Crippen LogP contribution in [0.1, 0.15) is 41.3 Å². The van der Waals surface area contributed by atoms with Crippen molar-refractivity contribution >= 4 is 28.3 Å². The third kappa shape index (κ3) is 7.15. The highest BCUT2D eigenvalue weighted by Gasteiger charge is 2.41. The minimum absolute atomic E-state index is 0.0185. The number of pyridine rings is 1. The van der Waals surface area contributed by atoms with E-state index < -0.39 is 5.60 Å². The van der Waals surface area contributed by atoms with E-state index in [4.69, 9.17) is 10.00 Å². The molecule has 8 rings (SSSR count). The van der Waals surface area contributed by atoms with Crippen LogP contribution in [0.25, 0.3) is 27.3 Å². The van der Waals surface area contributed by atoms with Gasteiger partial charge in [0.2, 0.25) is 5.91 Å². The molecule has 1 N–H and O–H groups in total. The van der Waals surface area contributed by atoms with Crippen LogP contribution in [0.5, 0.6) is 5.75 Å². The van der Waals surface area contributed by atoms with Gasteiger partial charge in [-0.3, -0.25) is 19.1 Å². The van der Waals surface area contributed by atoms with E-state index in [1.165, 1.54) is 10.9 Å². The summed E-state index contributed by atoms with van der Waals surface area (Å²) in [4.78, 5) is 46.7. The number of hydrogen-bond acceptors (Lipinski definition) is 10. The monoisotopic (exact) mass is 740 g/mol. The molecule has 2 saturated heterocycles. The molecule has 54 heavy (non-hydrogen) atoms. The number of aliphatic hydroxyl groups is 1. The van der Waals surface area contributed by atoms with Crippen LogP contribution in [-0.2, 0) is 17.9 Å². The first kappa shape index (κ1) is 35.4. The number of thiazole rings is 1. The summed E-state index contributed by atoms with van der Waals surface area (Å²) in [5.41, 5.74) is 2.46. The summed E-state index contributed by atoms with van der Waals surface area (Å²) >= 11 is 1.62. The normalized spacial score (nSPS) is 18.7. The Morgan fingerprint density at radius 2 is 1.80 bits per heavy atom. The lowest BCUT2D eigenvalue weighted by atomic mass is 9.79. The SMILES string of the molecule is COc1ccc(-n2ccc3c(=O)n(CC4(O)CCN(C(=O)[C@@H]5CCN(Cc6cnc(-c7ccc(C#N)nc7)s6)C[C@H]5c5ccccc5)CC4)cnc32)cc1. The predicted molar refractivity (Wildman–Crippen MR) is 205 cm³/mol. The fourth-order valence-corrected chi connectivity index (χ4v) is 8.73. The summed E-state index contributed by atoms with van der Waals surface area (Å²) < 4.78 is 8.62. The molecule has 6 heterocycles. The molecule has 274 valence electrons. The summed E-state index contributed by atoms with van der Waals surface area (Å²) in [6, 6.07) is 25.2. The maximum absolute atomic E-state index is 14.3. The lowest BCUT2D eigenvalue weighted by Gasteiger charge is -2.43. The number of piperidine rings is 2. The van der Waals surface area contributed by atoms with Gasteiger partial charge in [0.15, 0.2) is 5.65 Å². The van der Waals surface area contributed by atoms with Crippen molar-refractivity contribution in [2.45, 2.75) is 43.9 Å². The molecule has 6 aromatic rings. The Labute approximate surface area is 316 Å². The molecule has 13 heteroatoms. The lowest BCUT2D eigenvalue weighted by Crippen LogP contribution is -2.53. The van der Waals surface area contributed by atoms with Crippen LogP contribution in [0.3, 0.4) is 0 Å². The second kappa shape index (κ2) is 15.0. The van der Waals surface area contributed by atoms with Crippen molar-refractivity contribution in [1.29, 1.82) is 5.26 Å². The number of carbonyl (C=O) groups is 1. The van der Waals surface area contributed by atoms with Gasteiger partial charge in [0.25, 0.3) is 5.56 Å². The number of nitrogens with zero attached hydrogens (tertiary/aromatic N) is 8. The van der Waals surface area contributed by atoms with Gasteiger partial charge < -0.3 is 19.3 Å². The van der Waals surface area contributed by atoms with E-state index in [-0.39, 0.29) is 29.8 Å². The Morgan fingerprint density at radius 3 is 2.52 bits per heavy atom. The van der Waals surface area contributed by atoms with Crippen LogP contribution in [0.4, 0.5) is 0 Å². The van der Waals surface area contributed by atoms with Crippen molar-refractivity contribution in [2.24, 2.45) is 5.92 Å². The number of methoxy groups -OCH3 is 1. The summed E-state index contributed by atoms with van der Waals surface area (Å²) in [5.74, 6) is 0.704. The fourth-order valence-electron chi connectivity index (χ4n) is 7.79. The second-order valence-electron chi connectivity index (χ2n) is 14.2. The fraction of sp³-hybridized carbons (Fsp3) is 0.317. The molecule has 0 radical (unpaired) electrons. The molecule has 0 saturated carbocycles. The molecule has 2 aromatic carbocycles. The maximum atomic E-state index is 14.3. The standard InChI is InChI=1S/C41H40N8O4S/c1-53-32-11-9-31(10-12-32)49-18-14-35-37(49)45-27-48(40(35)51)26-41(52)15-19-47(20-16-41)39(50)34-13-17-46(25-36(34)28-5-3-2-4-6-28)24-33-23-44-38(54-33)29-7-8-30(21-42)43-22-29/h2-12,14,18,22-23,27,34,36,52H,13,15-17,19-20,24-26H2,1H3/t34-,36+/m1/s1. The van der Waals surface area contributed by atoms with Crippen molar-refractivity contribution in [1.82, 2.24) is 33.9 Å². The molecular weight excluding hydrogens is 701 g/mol. The molecular formula is C41H40N8O4S. The maximum Gasteiger partial charge on any atom is 0.262 e. The van der Waals surface area contributed by atoms with E-state index >= 15 is 0 Å². The third-order valence-corrected chi connectivity index (χ3v) is 11.8. The zero-order valence-corrected chi connectivity index (χ0v) is 30.7. The number of likely N-dealkylation sites (tertiary alicyclic amines) is 2. The largest absolute Gasteiger partial charge is 0.497 e. The van der Waals surface area contributed by atoms with Crippen LogP contribution < -0.4 is 10.3 Å². The molecule has 0 aliphatic carbocycles. The summed E-state index contributed by atoms with van der Waals surface area (Å²) in [6.07, 6.45) is 8.38. The van der Waals surface area contributed by atoms with Gasteiger partial charge in [-0.1, -0.05) is 30.3 Å². The van der Waals surface area contributed by atoms with E-state index in [1.54, 1.807) is 36.8 Å². The van der Waals surface area contributed by atoms with Crippen LogP contribution in [0.15, 0.2) is 103 Å². The molecule has 2 aliphatic rings. The summed E-state index contributed by atoms with van der Waals surface area (Å²) in [5, 5.41) is 22.1. The van der Waals surface area contributed by atoms with Crippen molar-refractivity contribution in [3.05, 3.63) is 124 Å². The summed E-state index contributed by atoms with van der Waals surface area (Å²) in [7, 11) is 1.62. The average Bonchev–Trinajstić information content (AvgIpc) is 3.87. The minimum Gasteiger partial charge on any atom is -0.497 e. The third-order valence-electron chi connectivity index (χ3n) is 10.8. The second-order valence-corrected chi connectivity index (χ2v) is 15.3. The average molecular weight is 741 g/mol. The quantitative estimate of drug-likeness (QED) is 0.211. The number of rotatable bonds is 9. The van der Waals surface area contributed by atoms with E-state index in [9.17, 15) is 14.7 Å². The first-order valence-electron chi connectivity index (χ1n) is 18.1. The Balaban J connectivity index is 0.921. The van der Waals surface area contributed by atoms with Gasteiger partial charge in [-0.05, 0) is 73.8 Å². The van der Waals surface area contributed by atoms with Crippen LogP contribution >= 0.6 is 11.3 Å². The van der Waals surface area contributed by atoms with Gasteiger partial charge in [-0.15, -0.1) is 11.3 Å². The lowest BCUT2D eigenvalue weighted by molar-refractivity contribution is -0.142. The topological polar surface area (TPSA) is 142 Å². The number of hydrogen-bond donors (Lipinski definition) is 1.